The van der Waals surface area contributed by atoms with E-state index in [1.54, 1.807) is 12.1 Å². The van der Waals surface area contributed by atoms with Crippen molar-refractivity contribution < 1.29 is 9.84 Å². The SMILES string of the molecule is O=c1c2ccccc2[nH]c2cc(OCCc3ccccc3)cc(O)c12. The van der Waals surface area contributed by atoms with Crippen molar-refractivity contribution in [1.82, 2.24) is 4.98 Å². The number of hydrogen-bond donors (Lipinski definition) is 2. The van der Waals surface area contributed by atoms with Crippen molar-refractivity contribution in [2.24, 2.45) is 0 Å². The Morgan fingerprint density at radius 3 is 2.52 bits per heavy atom. The summed E-state index contributed by atoms with van der Waals surface area (Å²) in [5.41, 5.74) is 2.31. The van der Waals surface area contributed by atoms with Crippen LogP contribution >= 0.6 is 0 Å². The minimum absolute atomic E-state index is 0.0702. The molecule has 0 bridgehead atoms. The molecule has 0 fully saturated rings. The number of pyridine rings is 1. The lowest BCUT2D eigenvalue weighted by molar-refractivity contribution is 0.320. The predicted molar refractivity (Wildman–Crippen MR) is 99.4 cm³/mol. The molecule has 0 radical (unpaired) electrons. The van der Waals surface area contributed by atoms with Gasteiger partial charge in [0, 0.05) is 29.5 Å². The third-order valence-corrected chi connectivity index (χ3v) is 4.26. The van der Waals surface area contributed by atoms with Gasteiger partial charge >= 0.3 is 0 Å². The summed E-state index contributed by atoms with van der Waals surface area (Å²) in [6.45, 7) is 0.493. The summed E-state index contributed by atoms with van der Waals surface area (Å²) < 4.78 is 5.77. The Morgan fingerprint density at radius 2 is 1.68 bits per heavy atom. The van der Waals surface area contributed by atoms with Gasteiger partial charge in [0.25, 0.3) is 0 Å². The zero-order chi connectivity index (χ0) is 17.2. The number of para-hydroxylation sites is 1. The molecule has 0 spiro atoms. The molecule has 4 nitrogen and oxygen atoms in total. The van der Waals surface area contributed by atoms with Crippen LogP contribution in [0.1, 0.15) is 5.56 Å². The number of nitrogens with one attached hydrogen (secondary N) is 1. The van der Waals surface area contributed by atoms with Crippen LogP contribution in [0.4, 0.5) is 0 Å². The fourth-order valence-corrected chi connectivity index (χ4v) is 3.02. The van der Waals surface area contributed by atoms with Gasteiger partial charge in [-0.2, -0.15) is 0 Å². The molecular formula is C21H17NO3. The number of phenols is 1. The van der Waals surface area contributed by atoms with Crippen LogP contribution in [0.25, 0.3) is 21.8 Å². The molecular weight excluding hydrogens is 314 g/mol. The Hall–Kier alpha value is -3.27. The first kappa shape index (κ1) is 15.3. The van der Waals surface area contributed by atoms with E-state index in [-0.39, 0.29) is 16.6 Å². The molecule has 4 heteroatoms. The Bertz CT molecular complexity index is 1100. The van der Waals surface area contributed by atoms with Crippen LogP contribution in [0, 0.1) is 0 Å². The first-order chi connectivity index (χ1) is 12.2. The number of hydrogen-bond acceptors (Lipinski definition) is 3. The molecule has 4 aromatic rings. The van der Waals surface area contributed by atoms with Gasteiger partial charge in [0.15, 0.2) is 0 Å². The number of fused-ring (bicyclic) bond motifs is 2. The Kier molecular flexibility index (Phi) is 3.86. The van der Waals surface area contributed by atoms with Crippen molar-refractivity contribution in [3.05, 3.63) is 82.5 Å². The van der Waals surface area contributed by atoms with Gasteiger partial charge in [-0.1, -0.05) is 42.5 Å². The number of rotatable bonds is 4. The van der Waals surface area contributed by atoms with E-state index >= 15 is 0 Å². The Morgan fingerprint density at radius 1 is 0.920 bits per heavy atom. The fourth-order valence-electron chi connectivity index (χ4n) is 3.02. The van der Waals surface area contributed by atoms with Crippen molar-refractivity contribution >= 4 is 21.8 Å². The number of aromatic amines is 1. The molecule has 2 N–H and O–H groups in total. The van der Waals surface area contributed by atoms with Gasteiger partial charge in [-0.15, -0.1) is 0 Å². The van der Waals surface area contributed by atoms with Crippen molar-refractivity contribution in [3.63, 3.8) is 0 Å². The summed E-state index contributed by atoms with van der Waals surface area (Å²) in [7, 11) is 0. The summed E-state index contributed by atoms with van der Waals surface area (Å²) in [6.07, 6.45) is 0.772. The van der Waals surface area contributed by atoms with E-state index in [2.05, 4.69) is 4.98 Å². The number of aromatic nitrogens is 1. The molecule has 0 amide bonds. The molecule has 0 unspecified atom stereocenters. The van der Waals surface area contributed by atoms with Crippen LogP contribution in [0.3, 0.4) is 0 Å². The van der Waals surface area contributed by atoms with Gasteiger partial charge in [-0.05, 0) is 17.7 Å². The maximum absolute atomic E-state index is 12.6. The van der Waals surface area contributed by atoms with Crippen LogP contribution in [0.2, 0.25) is 0 Å². The molecule has 0 atom stereocenters. The van der Waals surface area contributed by atoms with Crippen molar-refractivity contribution in [2.75, 3.05) is 6.61 Å². The second-order valence-electron chi connectivity index (χ2n) is 5.95. The number of H-pyrrole nitrogens is 1. The molecule has 1 aromatic heterocycles. The van der Waals surface area contributed by atoms with Crippen molar-refractivity contribution in [2.45, 2.75) is 6.42 Å². The molecule has 0 aliphatic rings. The average Bonchev–Trinajstić information content (AvgIpc) is 2.62. The van der Waals surface area contributed by atoms with Crippen molar-refractivity contribution in [1.29, 1.82) is 0 Å². The van der Waals surface area contributed by atoms with E-state index in [4.69, 9.17) is 4.74 Å². The number of phenolic OH excluding ortho intramolecular Hbond substituents is 1. The minimum Gasteiger partial charge on any atom is -0.507 e. The first-order valence-electron chi connectivity index (χ1n) is 8.17. The third-order valence-electron chi connectivity index (χ3n) is 4.26. The number of benzene rings is 3. The maximum atomic E-state index is 12.6. The molecule has 0 saturated heterocycles. The first-order valence-corrected chi connectivity index (χ1v) is 8.17. The van der Waals surface area contributed by atoms with Gasteiger partial charge in [-0.25, -0.2) is 0 Å². The highest BCUT2D eigenvalue weighted by Gasteiger charge is 2.11. The van der Waals surface area contributed by atoms with Gasteiger partial charge in [0.05, 0.1) is 17.5 Å². The molecule has 0 aliphatic carbocycles. The smallest absolute Gasteiger partial charge is 0.200 e. The number of aromatic hydroxyl groups is 1. The minimum atomic E-state index is -0.183. The van der Waals surface area contributed by atoms with Crippen molar-refractivity contribution in [3.8, 4) is 11.5 Å². The van der Waals surface area contributed by atoms with Gasteiger partial charge in [-0.3, -0.25) is 4.79 Å². The molecule has 3 aromatic carbocycles. The quantitative estimate of drug-likeness (QED) is 0.555. The third kappa shape index (κ3) is 2.94. The summed E-state index contributed by atoms with van der Waals surface area (Å²) in [6, 6.07) is 20.6. The summed E-state index contributed by atoms with van der Waals surface area (Å²) >= 11 is 0. The van der Waals surface area contributed by atoms with Gasteiger partial charge in [0.2, 0.25) is 5.43 Å². The molecule has 0 saturated carbocycles. The lowest BCUT2D eigenvalue weighted by atomic mass is 10.1. The molecule has 25 heavy (non-hydrogen) atoms. The largest absolute Gasteiger partial charge is 0.507 e. The van der Waals surface area contributed by atoms with Crippen LogP contribution in [-0.2, 0) is 6.42 Å². The highest BCUT2D eigenvalue weighted by Crippen LogP contribution is 2.28. The lowest BCUT2D eigenvalue weighted by Crippen LogP contribution is -2.06. The van der Waals surface area contributed by atoms with Gasteiger partial charge in [0.1, 0.15) is 11.5 Å². The van der Waals surface area contributed by atoms with Crippen LogP contribution < -0.4 is 10.2 Å². The Labute approximate surface area is 144 Å². The average molecular weight is 331 g/mol. The highest BCUT2D eigenvalue weighted by atomic mass is 16.5. The normalized spacial score (nSPS) is 11.0. The molecule has 124 valence electrons. The van der Waals surface area contributed by atoms with E-state index in [1.165, 1.54) is 11.6 Å². The van der Waals surface area contributed by atoms with E-state index < -0.39 is 0 Å². The van der Waals surface area contributed by atoms with E-state index in [1.807, 2.05) is 48.5 Å². The predicted octanol–water partition coefficient (Wildman–Crippen LogP) is 4.01. The monoisotopic (exact) mass is 331 g/mol. The van der Waals surface area contributed by atoms with E-state index in [0.717, 1.165) is 11.9 Å². The van der Waals surface area contributed by atoms with E-state index in [9.17, 15) is 9.90 Å². The zero-order valence-corrected chi connectivity index (χ0v) is 13.5. The zero-order valence-electron chi connectivity index (χ0n) is 13.5. The van der Waals surface area contributed by atoms with Gasteiger partial charge < -0.3 is 14.8 Å². The summed E-state index contributed by atoms with van der Waals surface area (Å²) in [5, 5.41) is 11.2. The second kappa shape index (κ2) is 6.32. The summed E-state index contributed by atoms with van der Waals surface area (Å²) in [5.74, 6) is 0.464. The lowest BCUT2D eigenvalue weighted by Gasteiger charge is -2.10. The molecule has 4 rings (SSSR count). The van der Waals surface area contributed by atoms with Crippen LogP contribution in [-0.4, -0.2) is 16.7 Å². The topological polar surface area (TPSA) is 62.3 Å². The van der Waals surface area contributed by atoms with Crippen LogP contribution in [0.5, 0.6) is 11.5 Å². The fraction of sp³-hybridized carbons (Fsp3) is 0.0952. The second-order valence-corrected chi connectivity index (χ2v) is 5.95. The molecule has 1 heterocycles. The maximum Gasteiger partial charge on any atom is 0.200 e. The highest BCUT2D eigenvalue weighted by molar-refractivity contribution is 5.96. The molecule has 0 aliphatic heterocycles. The van der Waals surface area contributed by atoms with Crippen LogP contribution in [0.15, 0.2) is 71.5 Å². The van der Waals surface area contributed by atoms with E-state index in [0.29, 0.717) is 23.3 Å². The Balaban J connectivity index is 1.67. The number of ether oxygens (including phenoxy) is 1. The standard InChI is InChI=1S/C21H17NO3/c23-19-13-15(25-11-10-14-6-2-1-3-7-14)12-18-20(19)21(24)16-8-4-5-9-17(16)22-18/h1-9,12-13,23H,10-11H2,(H,22,24). The summed E-state index contributed by atoms with van der Waals surface area (Å²) in [4.78, 5) is 15.8.